The van der Waals surface area contributed by atoms with Crippen molar-refractivity contribution < 1.29 is 50.0 Å². The van der Waals surface area contributed by atoms with Crippen molar-refractivity contribution in [3.05, 3.63) is 35.9 Å². The average Bonchev–Trinajstić information content (AvgIpc) is 2.45. The number of hydrogen-bond acceptors (Lipinski definition) is 4. The van der Waals surface area contributed by atoms with Crippen LogP contribution in [0.25, 0.3) is 0 Å². The maximum Gasteiger partial charge on any atom is 1.00 e. The number of carbonyl (C=O) groups is 1. The van der Waals surface area contributed by atoms with E-state index in [1.807, 2.05) is 37.3 Å². The molecule has 114 valence electrons. The van der Waals surface area contributed by atoms with Gasteiger partial charge in [0.25, 0.3) is 0 Å². The average molecular weight is 305 g/mol. The zero-order valence-corrected chi connectivity index (χ0v) is 14.9. The molecule has 0 aromatic heterocycles. The Kier molecular flexibility index (Phi) is 12.7. The zero-order valence-electron chi connectivity index (χ0n) is 13.9. The molecule has 0 fully saturated rings. The van der Waals surface area contributed by atoms with Gasteiger partial charge in [0.2, 0.25) is 0 Å². The molecule has 1 rings (SSSR count). The Labute approximate surface area is 149 Å². The third-order valence-electron chi connectivity index (χ3n) is 2.72. The maximum atomic E-state index is 10.3. The molecule has 0 aliphatic heterocycles. The number of hydrogen-bond donors (Lipinski definition) is 1. The summed E-state index contributed by atoms with van der Waals surface area (Å²) in [5.74, 6) is 0. The van der Waals surface area contributed by atoms with Crippen LogP contribution in [0, 0.1) is 0 Å². The van der Waals surface area contributed by atoms with Crippen molar-refractivity contribution in [3.63, 3.8) is 0 Å². The first-order valence-electron chi connectivity index (χ1n) is 6.84. The number of nitrogens with two attached hydrogens (primary N) is 1. The van der Waals surface area contributed by atoms with Gasteiger partial charge in [0.1, 0.15) is 0 Å². The van der Waals surface area contributed by atoms with Crippen LogP contribution in [0.3, 0.4) is 0 Å². The molecule has 1 aromatic carbocycles. The van der Waals surface area contributed by atoms with E-state index in [0.717, 1.165) is 6.42 Å². The number of amides is 1. The topological polar surface area (TPSA) is 70.8 Å². The minimum absolute atomic E-state index is 0. The number of ether oxygens (including phenoxy) is 3. The molecule has 1 amide bonds. The van der Waals surface area contributed by atoms with Crippen LogP contribution in [0.1, 0.15) is 26.8 Å². The molecule has 0 aliphatic rings. The van der Waals surface area contributed by atoms with Crippen molar-refractivity contribution in [1.29, 1.82) is 0 Å². The van der Waals surface area contributed by atoms with E-state index in [9.17, 15) is 4.79 Å². The molecule has 0 aliphatic carbocycles. The maximum absolute atomic E-state index is 10.3. The summed E-state index contributed by atoms with van der Waals surface area (Å²) in [5.41, 5.74) is 6.01. The molecular weight excluding hydrogens is 281 g/mol. The van der Waals surface area contributed by atoms with Gasteiger partial charge in [0, 0.05) is 19.6 Å². The van der Waals surface area contributed by atoms with Gasteiger partial charge in [-0.1, -0.05) is 30.3 Å². The van der Waals surface area contributed by atoms with Gasteiger partial charge < -0.3 is 21.4 Å². The van der Waals surface area contributed by atoms with E-state index >= 15 is 0 Å². The van der Waals surface area contributed by atoms with Gasteiger partial charge in [-0.25, -0.2) is 4.79 Å². The minimum atomic E-state index is -0.743. The van der Waals surface area contributed by atoms with Crippen molar-refractivity contribution in [2.24, 2.45) is 5.73 Å². The third kappa shape index (κ3) is 11.7. The summed E-state index contributed by atoms with van der Waals surface area (Å²) in [7, 11) is 0. The fraction of sp³-hybridized carbons (Fsp3) is 0.533. The Morgan fingerprint density at radius 1 is 1.24 bits per heavy atom. The second-order valence-corrected chi connectivity index (χ2v) is 4.53. The predicted molar refractivity (Wildman–Crippen MR) is 77.4 cm³/mol. The number of carbonyl (C=O) groups excluding carboxylic acids is 1. The van der Waals surface area contributed by atoms with Gasteiger partial charge in [0.05, 0.1) is 19.3 Å². The van der Waals surface area contributed by atoms with Crippen molar-refractivity contribution in [1.82, 2.24) is 0 Å². The van der Waals surface area contributed by atoms with Crippen LogP contribution in [-0.4, -0.2) is 32.0 Å². The summed E-state index contributed by atoms with van der Waals surface area (Å²) < 4.78 is 15.7. The summed E-state index contributed by atoms with van der Waals surface area (Å²) in [4.78, 5) is 10.3. The molecule has 0 spiro atoms. The molecule has 0 saturated heterocycles. The smallest absolute Gasteiger partial charge is 1.00 e. The van der Waals surface area contributed by atoms with Gasteiger partial charge in [-0.15, -0.1) is 0 Å². The number of primary amides is 1. The number of benzene rings is 1. The standard InChI is InChI=1S/C15H23NO4.Na.H/c1-13(20-12-14-6-3-2-4-7-14)8-11-18-9-5-10-19-15(16)17;;/h2-4,6-7,13H,5,8-12H2,1H3,(H2,16,17);;/q;+1;-1. The second-order valence-electron chi connectivity index (χ2n) is 4.53. The van der Waals surface area contributed by atoms with Gasteiger partial charge in [-0.2, -0.15) is 0 Å². The summed E-state index contributed by atoms with van der Waals surface area (Å²) >= 11 is 0. The Hall–Kier alpha value is -0.590. The van der Waals surface area contributed by atoms with Crippen LogP contribution in [0.5, 0.6) is 0 Å². The monoisotopic (exact) mass is 305 g/mol. The molecule has 1 atom stereocenters. The molecule has 6 heteroatoms. The summed E-state index contributed by atoms with van der Waals surface area (Å²) in [6.07, 6.45) is 0.899. The Bertz CT molecular complexity index is 381. The molecule has 0 saturated carbocycles. The van der Waals surface area contributed by atoms with Crippen molar-refractivity contribution >= 4 is 6.09 Å². The van der Waals surface area contributed by atoms with Gasteiger partial charge in [-0.05, 0) is 18.9 Å². The van der Waals surface area contributed by atoms with E-state index < -0.39 is 6.09 Å². The van der Waals surface area contributed by atoms with E-state index in [2.05, 4.69) is 4.74 Å². The molecule has 5 nitrogen and oxygen atoms in total. The summed E-state index contributed by atoms with van der Waals surface area (Å²) in [6, 6.07) is 10.1. The fourth-order valence-corrected chi connectivity index (χ4v) is 1.58. The van der Waals surface area contributed by atoms with Crippen molar-refractivity contribution in [3.8, 4) is 0 Å². The zero-order chi connectivity index (χ0) is 14.6. The molecule has 21 heavy (non-hydrogen) atoms. The second kappa shape index (κ2) is 13.1. The Morgan fingerprint density at radius 3 is 2.62 bits per heavy atom. The number of rotatable bonds is 10. The predicted octanol–water partition coefficient (Wildman–Crippen LogP) is -0.400. The van der Waals surface area contributed by atoms with Crippen LogP contribution in [0.4, 0.5) is 4.79 Å². The Morgan fingerprint density at radius 2 is 1.95 bits per heavy atom. The van der Waals surface area contributed by atoms with Crippen LogP contribution in [-0.2, 0) is 20.8 Å². The largest absolute Gasteiger partial charge is 1.00 e. The van der Waals surface area contributed by atoms with E-state index in [0.29, 0.717) is 32.8 Å². The molecule has 2 N–H and O–H groups in total. The minimum Gasteiger partial charge on any atom is -1.00 e. The van der Waals surface area contributed by atoms with Crippen LogP contribution < -0.4 is 35.3 Å². The van der Waals surface area contributed by atoms with Gasteiger partial charge >= 0.3 is 35.7 Å². The van der Waals surface area contributed by atoms with Crippen LogP contribution >= 0.6 is 0 Å². The van der Waals surface area contributed by atoms with E-state index in [4.69, 9.17) is 15.2 Å². The van der Waals surface area contributed by atoms with Gasteiger partial charge in [0.15, 0.2) is 0 Å². The van der Waals surface area contributed by atoms with Crippen LogP contribution in [0.15, 0.2) is 30.3 Å². The van der Waals surface area contributed by atoms with E-state index in [1.165, 1.54) is 5.56 Å². The quantitative estimate of drug-likeness (QED) is 0.472. The molecule has 0 heterocycles. The van der Waals surface area contributed by atoms with Crippen LogP contribution in [0.2, 0.25) is 0 Å². The molecule has 1 unspecified atom stereocenters. The Balaban J connectivity index is 0. The first-order chi connectivity index (χ1) is 9.68. The van der Waals surface area contributed by atoms with Gasteiger partial charge in [-0.3, -0.25) is 0 Å². The summed E-state index contributed by atoms with van der Waals surface area (Å²) in [6.45, 7) is 4.14. The molecule has 0 bridgehead atoms. The molecule has 1 aromatic rings. The fourth-order valence-electron chi connectivity index (χ4n) is 1.58. The third-order valence-corrected chi connectivity index (χ3v) is 2.72. The first-order valence-corrected chi connectivity index (χ1v) is 6.84. The summed E-state index contributed by atoms with van der Waals surface area (Å²) in [5, 5.41) is 0. The normalized spacial score (nSPS) is 11.5. The van der Waals surface area contributed by atoms with Crippen molar-refractivity contribution in [2.75, 3.05) is 19.8 Å². The van der Waals surface area contributed by atoms with Crippen molar-refractivity contribution in [2.45, 2.75) is 32.5 Å². The van der Waals surface area contributed by atoms with E-state index in [1.54, 1.807) is 0 Å². The molecule has 0 radical (unpaired) electrons. The first kappa shape index (κ1) is 20.4. The van der Waals surface area contributed by atoms with E-state index in [-0.39, 0.29) is 37.1 Å². The SMILES string of the molecule is CC(CCOCCCOC(N)=O)OCc1ccccc1.[H-].[Na+]. The molecular formula is C15H24NNaO4.